The van der Waals surface area contributed by atoms with Crippen molar-refractivity contribution in [2.24, 2.45) is 0 Å². The highest BCUT2D eigenvalue weighted by atomic mass is 31.2. The molecular weight excluding hydrogens is 637 g/mol. The summed E-state index contributed by atoms with van der Waals surface area (Å²) in [6, 6.07) is 0. The lowest BCUT2D eigenvalue weighted by Crippen LogP contribution is -2.37. The van der Waals surface area contributed by atoms with Crippen LogP contribution in [-0.4, -0.2) is 70.7 Å². The van der Waals surface area contributed by atoms with Crippen molar-refractivity contribution >= 4 is 13.8 Å². The van der Waals surface area contributed by atoms with Gasteiger partial charge in [0.1, 0.15) is 19.3 Å². The Balaban J connectivity index is 4.36. The maximum Gasteiger partial charge on any atom is 0.306 e. The predicted octanol–water partition coefficient (Wildman–Crippen LogP) is 10.2. The Morgan fingerprint density at radius 2 is 1.18 bits per heavy atom. The molecule has 2 atom stereocenters. The molecule has 0 aliphatic heterocycles. The molecule has 0 spiro atoms. The van der Waals surface area contributed by atoms with Gasteiger partial charge in [-0.2, -0.15) is 0 Å². The van der Waals surface area contributed by atoms with Gasteiger partial charge in [0, 0.05) is 13.0 Å². The van der Waals surface area contributed by atoms with Crippen LogP contribution in [0.2, 0.25) is 0 Å². The Hall–Kier alpha value is -1.54. The van der Waals surface area contributed by atoms with Gasteiger partial charge in [-0.25, -0.2) is 0 Å². The van der Waals surface area contributed by atoms with Crippen LogP contribution in [0.25, 0.3) is 0 Å². The molecule has 0 aromatic carbocycles. The summed E-state index contributed by atoms with van der Waals surface area (Å²) in [7, 11) is 1.33. The fourth-order valence-corrected chi connectivity index (χ4v) is 5.58. The number of ether oxygens (including phenoxy) is 2. The predicted molar refractivity (Wildman–Crippen MR) is 203 cm³/mol. The number of hydrogen-bond acceptors (Lipinski definition) is 7. The van der Waals surface area contributed by atoms with Crippen LogP contribution in [0.3, 0.4) is 0 Å². The second-order valence-corrected chi connectivity index (χ2v) is 15.3. The number of phosphoric acid groups is 1. The number of rotatable bonds is 35. The minimum atomic E-state index is -4.53. The number of phosphoric ester groups is 1. The molecule has 0 saturated carbocycles. The van der Waals surface area contributed by atoms with Gasteiger partial charge in [-0.3, -0.25) is 9.36 Å². The van der Waals surface area contributed by atoms with Crippen molar-refractivity contribution in [1.82, 2.24) is 0 Å². The summed E-state index contributed by atoms with van der Waals surface area (Å²) < 4.78 is 34.4. The average molecular weight is 712 g/mol. The molecule has 0 saturated heterocycles. The molecule has 9 heteroatoms. The Labute approximate surface area is 301 Å². The lowest BCUT2D eigenvalue weighted by molar-refractivity contribution is -0.870. The normalized spacial score (nSPS) is 14.5. The third kappa shape index (κ3) is 37.5. The van der Waals surface area contributed by atoms with Gasteiger partial charge in [0.2, 0.25) is 0 Å². The molecule has 0 fully saturated rings. The van der Waals surface area contributed by atoms with Crippen LogP contribution in [0.5, 0.6) is 0 Å². The minimum Gasteiger partial charge on any atom is -0.756 e. The van der Waals surface area contributed by atoms with Crippen molar-refractivity contribution in [2.45, 2.75) is 148 Å². The molecule has 0 aromatic heterocycles. The van der Waals surface area contributed by atoms with Crippen molar-refractivity contribution in [3.8, 4) is 0 Å². The van der Waals surface area contributed by atoms with Gasteiger partial charge in [-0.1, -0.05) is 114 Å². The van der Waals surface area contributed by atoms with Gasteiger partial charge < -0.3 is 27.9 Å². The van der Waals surface area contributed by atoms with E-state index in [4.69, 9.17) is 18.5 Å². The van der Waals surface area contributed by atoms with E-state index in [0.29, 0.717) is 24.1 Å². The van der Waals surface area contributed by atoms with E-state index in [-0.39, 0.29) is 25.8 Å². The smallest absolute Gasteiger partial charge is 0.306 e. The first-order chi connectivity index (χ1) is 23.6. The lowest BCUT2D eigenvalue weighted by atomic mass is 10.1. The summed E-state index contributed by atoms with van der Waals surface area (Å²) >= 11 is 0. The summed E-state index contributed by atoms with van der Waals surface area (Å²) in [6.07, 6.45) is 38.3. The van der Waals surface area contributed by atoms with Gasteiger partial charge in [-0.05, 0) is 70.6 Å². The third-order valence-corrected chi connectivity index (χ3v) is 8.83. The van der Waals surface area contributed by atoms with Crippen molar-refractivity contribution < 1.29 is 37.3 Å². The van der Waals surface area contributed by atoms with Crippen LogP contribution >= 0.6 is 7.82 Å². The van der Waals surface area contributed by atoms with E-state index in [9.17, 15) is 14.3 Å². The minimum absolute atomic E-state index is 0.0182. The SMILES string of the molecule is CC/C=C\C/C=C\C/C=C\CCCCCCOCC(COP(=O)([O-])OCC[N+](C)(C)C)OC(=O)CCCCCCC/C=C\CCCCCC. The number of esters is 1. The van der Waals surface area contributed by atoms with Crippen molar-refractivity contribution in [2.75, 3.05) is 54.1 Å². The maximum atomic E-state index is 12.6. The molecule has 8 nitrogen and oxygen atoms in total. The molecule has 0 aliphatic rings. The largest absolute Gasteiger partial charge is 0.756 e. The highest BCUT2D eigenvalue weighted by molar-refractivity contribution is 7.45. The van der Waals surface area contributed by atoms with Gasteiger partial charge in [0.25, 0.3) is 7.82 Å². The van der Waals surface area contributed by atoms with Crippen LogP contribution in [0.15, 0.2) is 48.6 Å². The van der Waals surface area contributed by atoms with Gasteiger partial charge >= 0.3 is 5.97 Å². The van der Waals surface area contributed by atoms with Crippen molar-refractivity contribution in [3.63, 3.8) is 0 Å². The van der Waals surface area contributed by atoms with E-state index in [1.165, 1.54) is 38.5 Å². The topological polar surface area (TPSA) is 94.1 Å². The highest BCUT2D eigenvalue weighted by Gasteiger charge is 2.20. The molecule has 0 amide bonds. The van der Waals surface area contributed by atoms with E-state index in [0.717, 1.165) is 83.5 Å². The van der Waals surface area contributed by atoms with Crippen LogP contribution < -0.4 is 4.89 Å². The Morgan fingerprint density at radius 1 is 0.653 bits per heavy atom. The summed E-state index contributed by atoms with van der Waals surface area (Å²) in [5.74, 6) is -0.355. The Kier molecular flexibility index (Phi) is 32.5. The maximum absolute atomic E-state index is 12.6. The monoisotopic (exact) mass is 712 g/mol. The highest BCUT2D eigenvalue weighted by Crippen LogP contribution is 2.38. The third-order valence-electron chi connectivity index (χ3n) is 7.86. The van der Waals surface area contributed by atoms with E-state index in [1.807, 2.05) is 21.1 Å². The van der Waals surface area contributed by atoms with E-state index < -0.39 is 13.9 Å². The number of likely N-dealkylation sites (N-methyl/N-ethyl adjacent to an activating group) is 1. The number of nitrogens with zero attached hydrogens (tertiary/aromatic N) is 1. The molecule has 0 N–H and O–H groups in total. The zero-order chi connectivity index (χ0) is 36.3. The fraction of sp³-hybridized carbons (Fsp3) is 0.775. The fourth-order valence-electron chi connectivity index (χ4n) is 4.85. The number of carbonyl (C=O) groups is 1. The summed E-state index contributed by atoms with van der Waals surface area (Å²) in [5, 5.41) is 0. The van der Waals surface area contributed by atoms with Crippen LogP contribution in [-0.2, 0) is 27.9 Å². The van der Waals surface area contributed by atoms with E-state index >= 15 is 0 Å². The van der Waals surface area contributed by atoms with Crippen LogP contribution in [0.1, 0.15) is 142 Å². The number of quaternary nitrogens is 1. The van der Waals surface area contributed by atoms with Gasteiger partial charge in [0.15, 0.2) is 0 Å². The molecular formula is C40H74NO7P. The number of hydrogen-bond donors (Lipinski definition) is 0. The van der Waals surface area contributed by atoms with Crippen LogP contribution in [0, 0.1) is 0 Å². The second kappa shape index (κ2) is 33.6. The standard InChI is InChI=1S/C40H74NO7P/c1-6-8-10-12-14-16-18-20-22-24-26-28-30-32-35-45-37-39(38-47-49(43,44)46-36-34-41(3,4)5)48-40(42)33-31-29-27-25-23-21-19-17-15-13-11-9-7-2/h8,10,14,16-17,19-20,22,39H,6-7,9,11-13,15,18,21,23-38H2,1-5H3/b10-8-,16-14-,19-17-,22-20-. The first-order valence-electron chi connectivity index (χ1n) is 19.4. The first-order valence-corrected chi connectivity index (χ1v) is 20.8. The number of allylic oxidation sites excluding steroid dienone is 8. The van der Waals surface area contributed by atoms with Gasteiger partial charge in [-0.15, -0.1) is 0 Å². The Morgan fingerprint density at radius 3 is 1.80 bits per heavy atom. The molecule has 0 aromatic rings. The van der Waals surface area contributed by atoms with Crippen LogP contribution in [0.4, 0.5) is 0 Å². The molecule has 0 bridgehead atoms. The first kappa shape index (κ1) is 47.5. The zero-order valence-corrected chi connectivity index (χ0v) is 33.0. The summed E-state index contributed by atoms with van der Waals surface area (Å²) in [5.41, 5.74) is 0. The molecule has 0 rings (SSSR count). The summed E-state index contributed by atoms with van der Waals surface area (Å²) in [4.78, 5) is 24.9. The Bertz CT molecular complexity index is 926. The van der Waals surface area contributed by atoms with Gasteiger partial charge in [0.05, 0.1) is 34.4 Å². The van der Waals surface area contributed by atoms with E-state index in [2.05, 4.69) is 62.5 Å². The number of unbranched alkanes of at least 4 members (excludes halogenated alkanes) is 13. The molecule has 2 unspecified atom stereocenters. The molecule has 286 valence electrons. The number of carbonyl (C=O) groups excluding carboxylic acids is 1. The molecule has 0 radical (unpaired) electrons. The average Bonchev–Trinajstić information content (AvgIpc) is 3.04. The molecule has 0 heterocycles. The second-order valence-electron chi connectivity index (χ2n) is 13.9. The zero-order valence-electron chi connectivity index (χ0n) is 32.1. The molecule has 49 heavy (non-hydrogen) atoms. The quantitative estimate of drug-likeness (QED) is 0.0212. The lowest BCUT2D eigenvalue weighted by Gasteiger charge is -2.28. The summed E-state index contributed by atoms with van der Waals surface area (Å²) in [6.45, 7) is 5.19. The molecule has 0 aliphatic carbocycles. The van der Waals surface area contributed by atoms with Crippen molar-refractivity contribution in [3.05, 3.63) is 48.6 Å². The van der Waals surface area contributed by atoms with Crippen molar-refractivity contribution in [1.29, 1.82) is 0 Å². The van der Waals surface area contributed by atoms with E-state index in [1.54, 1.807) is 0 Å².